The minimum Gasteiger partial charge on any atom is -0.391 e. The Hall–Kier alpha value is -1.50. The van der Waals surface area contributed by atoms with Crippen molar-refractivity contribution in [2.24, 2.45) is 0 Å². The van der Waals surface area contributed by atoms with Gasteiger partial charge in [-0.05, 0) is 37.6 Å². The number of anilines is 1. The first-order chi connectivity index (χ1) is 12.2. The molecule has 0 amide bonds. The number of thiophene rings is 1. The summed E-state index contributed by atoms with van der Waals surface area (Å²) in [6.07, 6.45) is 3.66. The lowest BCUT2D eigenvalue weighted by Crippen LogP contribution is -2.39. The van der Waals surface area contributed by atoms with Crippen molar-refractivity contribution < 1.29 is 5.11 Å². The van der Waals surface area contributed by atoms with E-state index >= 15 is 0 Å². The topological polar surface area (TPSA) is 52.5 Å². The molecule has 2 aromatic heterocycles. The van der Waals surface area contributed by atoms with Crippen LogP contribution >= 0.6 is 11.3 Å². The highest BCUT2D eigenvalue weighted by Gasteiger charge is 2.25. The maximum absolute atomic E-state index is 10.1. The molecular weight excluding hydrogens is 332 g/mol. The average Bonchev–Trinajstić information content (AvgIpc) is 3.02. The van der Waals surface area contributed by atoms with Crippen molar-refractivity contribution >= 4 is 17.2 Å². The molecule has 0 unspecified atom stereocenters. The Morgan fingerprint density at radius 2 is 2.12 bits per heavy atom. The number of nitrogens with zero attached hydrogens (tertiary/aromatic N) is 4. The molecule has 134 valence electrons. The van der Waals surface area contributed by atoms with Gasteiger partial charge in [-0.2, -0.15) is 0 Å². The first kappa shape index (κ1) is 16.9. The Bertz CT molecular complexity index is 718. The lowest BCUT2D eigenvalue weighted by molar-refractivity contribution is 0.153. The standard InChI is InChI=1S/C19H26N4OS/c1-14-20-18-7-10-22(13-16-5-3-11-25-16)9-6-17(18)19(21-14)23-8-2-4-15(24)12-23/h3,5,11,15,24H,2,4,6-10,12-13H2,1H3/t15-/m0/s1. The molecule has 1 fully saturated rings. The molecule has 4 rings (SSSR count). The number of aliphatic hydroxyl groups excluding tert-OH is 1. The summed E-state index contributed by atoms with van der Waals surface area (Å²) in [6, 6.07) is 4.34. The molecule has 0 bridgehead atoms. The third-order valence-electron chi connectivity index (χ3n) is 5.18. The van der Waals surface area contributed by atoms with Crippen LogP contribution in [-0.4, -0.2) is 52.3 Å². The summed E-state index contributed by atoms with van der Waals surface area (Å²) >= 11 is 1.83. The molecule has 25 heavy (non-hydrogen) atoms. The molecule has 2 aliphatic heterocycles. The molecule has 1 N–H and O–H groups in total. The van der Waals surface area contributed by atoms with Crippen LogP contribution in [0.5, 0.6) is 0 Å². The normalized spacial score (nSPS) is 21.8. The number of hydrogen-bond donors (Lipinski definition) is 1. The zero-order valence-corrected chi connectivity index (χ0v) is 15.6. The summed E-state index contributed by atoms with van der Waals surface area (Å²) in [5.74, 6) is 1.92. The highest BCUT2D eigenvalue weighted by molar-refractivity contribution is 7.09. The van der Waals surface area contributed by atoms with Crippen LogP contribution in [0.1, 0.15) is 34.8 Å². The Kier molecular flexibility index (Phi) is 5.01. The Labute approximate surface area is 153 Å². The third-order valence-corrected chi connectivity index (χ3v) is 6.04. The van der Waals surface area contributed by atoms with Crippen molar-refractivity contribution in [2.45, 2.75) is 45.3 Å². The number of piperidine rings is 1. The summed E-state index contributed by atoms with van der Waals surface area (Å²) in [4.78, 5) is 15.8. The molecular formula is C19H26N4OS. The van der Waals surface area contributed by atoms with Crippen molar-refractivity contribution in [1.29, 1.82) is 0 Å². The van der Waals surface area contributed by atoms with Crippen molar-refractivity contribution in [3.63, 3.8) is 0 Å². The quantitative estimate of drug-likeness (QED) is 0.913. The van der Waals surface area contributed by atoms with E-state index in [-0.39, 0.29) is 6.10 Å². The van der Waals surface area contributed by atoms with Crippen LogP contribution < -0.4 is 4.90 Å². The summed E-state index contributed by atoms with van der Waals surface area (Å²) in [6.45, 7) is 6.78. The number of aliphatic hydroxyl groups is 1. The first-order valence-corrected chi connectivity index (χ1v) is 10.1. The van der Waals surface area contributed by atoms with E-state index in [0.717, 1.165) is 63.5 Å². The molecule has 0 aliphatic carbocycles. The number of aryl methyl sites for hydroxylation is 1. The van der Waals surface area contributed by atoms with Gasteiger partial charge in [-0.25, -0.2) is 9.97 Å². The SMILES string of the molecule is Cc1nc2c(c(N3CCC[C@H](O)C3)n1)CCN(Cc1cccs1)CC2. The van der Waals surface area contributed by atoms with Gasteiger partial charge < -0.3 is 10.0 Å². The maximum atomic E-state index is 10.1. The van der Waals surface area contributed by atoms with Gasteiger partial charge in [0.2, 0.25) is 0 Å². The fraction of sp³-hybridized carbons (Fsp3) is 0.579. The minimum absolute atomic E-state index is 0.235. The molecule has 1 saturated heterocycles. The smallest absolute Gasteiger partial charge is 0.135 e. The monoisotopic (exact) mass is 358 g/mol. The van der Waals surface area contributed by atoms with Gasteiger partial charge in [-0.1, -0.05) is 6.07 Å². The molecule has 2 aromatic rings. The molecule has 1 atom stereocenters. The lowest BCUT2D eigenvalue weighted by atomic mass is 10.0. The number of β-amino-alcohol motifs (C(OH)–C–C–N with tert-alkyl or cyclic N) is 1. The Morgan fingerprint density at radius 3 is 2.92 bits per heavy atom. The zero-order chi connectivity index (χ0) is 17.2. The molecule has 0 radical (unpaired) electrons. The van der Waals surface area contributed by atoms with Crippen LogP contribution in [0.15, 0.2) is 17.5 Å². The molecule has 0 saturated carbocycles. The predicted molar refractivity (Wildman–Crippen MR) is 101 cm³/mol. The van der Waals surface area contributed by atoms with E-state index < -0.39 is 0 Å². The second-order valence-electron chi connectivity index (χ2n) is 7.12. The molecule has 6 heteroatoms. The van der Waals surface area contributed by atoms with Gasteiger partial charge >= 0.3 is 0 Å². The van der Waals surface area contributed by atoms with Gasteiger partial charge in [0.05, 0.1) is 11.8 Å². The van der Waals surface area contributed by atoms with Gasteiger partial charge in [-0.15, -0.1) is 11.3 Å². The van der Waals surface area contributed by atoms with Crippen LogP contribution in [0.4, 0.5) is 5.82 Å². The van der Waals surface area contributed by atoms with Crippen molar-refractivity contribution in [2.75, 3.05) is 31.1 Å². The Morgan fingerprint density at radius 1 is 1.24 bits per heavy atom. The molecule has 0 aromatic carbocycles. The van der Waals surface area contributed by atoms with Crippen LogP contribution in [0, 0.1) is 6.92 Å². The van der Waals surface area contributed by atoms with Crippen molar-refractivity contribution in [1.82, 2.24) is 14.9 Å². The first-order valence-electron chi connectivity index (χ1n) is 9.23. The van der Waals surface area contributed by atoms with Crippen molar-refractivity contribution in [3.05, 3.63) is 39.5 Å². The number of hydrogen-bond acceptors (Lipinski definition) is 6. The summed E-state index contributed by atoms with van der Waals surface area (Å²) in [5, 5.41) is 12.2. The summed E-state index contributed by atoms with van der Waals surface area (Å²) < 4.78 is 0. The Balaban J connectivity index is 1.56. The van der Waals surface area contributed by atoms with E-state index in [1.165, 1.54) is 16.1 Å². The van der Waals surface area contributed by atoms with Crippen molar-refractivity contribution in [3.8, 4) is 0 Å². The van der Waals surface area contributed by atoms with Gasteiger partial charge in [-0.3, -0.25) is 4.90 Å². The van der Waals surface area contributed by atoms with E-state index in [1.807, 2.05) is 18.3 Å². The van der Waals surface area contributed by atoms with E-state index in [0.29, 0.717) is 6.54 Å². The predicted octanol–water partition coefficient (Wildman–Crippen LogP) is 2.41. The van der Waals surface area contributed by atoms with Crippen LogP contribution in [0.2, 0.25) is 0 Å². The fourth-order valence-electron chi connectivity index (χ4n) is 3.94. The van der Waals surface area contributed by atoms with Crippen LogP contribution in [-0.2, 0) is 19.4 Å². The number of fused-ring (bicyclic) bond motifs is 1. The average molecular weight is 359 g/mol. The summed E-state index contributed by atoms with van der Waals surface area (Å²) in [5.41, 5.74) is 2.50. The van der Waals surface area contributed by atoms with E-state index in [9.17, 15) is 5.11 Å². The third kappa shape index (κ3) is 3.86. The highest BCUT2D eigenvalue weighted by Crippen LogP contribution is 2.27. The second-order valence-corrected chi connectivity index (χ2v) is 8.15. The largest absolute Gasteiger partial charge is 0.391 e. The summed E-state index contributed by atoms with van der Waals surface area (Å²) in [7, 11) is 0. The van der Waals surface area contributed by atoms with E-state index in [4.69, 9.17) is 9.97 Å². The van der Waals surface area contributed by atoms with E-state index in [2.05, 4.69) is 27.3 Å². The maximum Gasteiger partial charge on any atom is 0.135 e. The van der Waals surface area contributed by atoms with E-state index in [1.54, 1.807) is 0 Å². The van der Waals surface area contributed by atoms with Gasteiger partial charge in [0, 0.05) is 49.6 Å². The minimum atomic E-state index is -0.235. The second kappa shape index (κ2) is 7.40. The molecule has 2 aliphatic rings. The van der Waals surface area contributed by atoms with Gasteiger partial charge in [0.15, 0.2) is 0 Å². The highest BCUT2D eigenvalue weighted by atomic mass is 32.1. The fourth-order valence-corrected chi connectivity index (χ4v) is 4.68. The van der Waals surface area contributed by atoms with Crippen LogP contribution in [0.25, 0.3) is 0 Å². The molecule has 5 nitrogen and oxygen atoms in total. The van der Waals surface area contributed by atoms with Crippen LogP contribution in [0.3, 0.4) is 0 Å². The number of rotatable bonds is 3. The molecule has 0 spiro atoms. The molecule has 4 heterocycles. The van der Waals surface area contributed by atoms with Gasteiger partial charge in [0.25, 0.3) is 0 Å². The number of aromatic nitrogens is 2. The zero-order valence-electron chi connectivity index (χ0n) is 14.8. The van der Waals surface area contributed by atoms with Gasteiger partial charge in [0.1, 0.15) is 11.6 Å². The lowest BCUT2D eigenvalue weighted by Gasteiger charge is -2.32.